The van der Waals surface area contributed by atoms with Gasteiger partial charge in [-0.25, -0.2) is 9.97 Å². The molecule has 0 atom stereocenters. The van der Waals surface area contributed by atoms with Gasteiger partial charge in [-0.1, -0.05) is 12.1 Å². The second kappa shape index (κ2) is 7.71. The smallest absolute Gasteiger partial charge is 0.339 e. The van der Waals surface area contributed by atoms with E-state index >= 15 is 0 Å². The lowest BCUT2D eigenvalue weighted by atomic mass is 10.1. The minimum atomic E-state index is -4.52. The zero-order valence-electron chi connectivity index (χ0n) is 16.5. The Kier molecular flexibility index (Phi) is 5.05. The van der Waals surface area contributed by atoms with E-state index < -0.39 is 17.6 Å². The van der Waals surface area contributed by atoms with Crippen molar-refractivity contribution in [3.05, 3.63) is 71.7 Å². The lowest BCUT2D eigenvalue weighted by molar-refractivity contribution is -0.137. The maximum Gasteiger partial charge on any atom is 0.416 e. The Morgan fingerprint density at radius 3 is 2.68 bits per heavy atom. The topological polar surface area (TPSA) is 84.7 Å². The second-order valence-corrected chi connectivity index (χ2v) is 6.92. The van der Waals surface area contributed by atoms with Crippen molar-refractivity contribution in [2.75, 3.05) is 10.6 Å². The van der Waals surface area contributed by atoms with Crippen LogP contribution in [-0.2, 0) is 13.2 Å². The summed E-state index contributed by atoms with van der Waals surface area (Å²) in [4.78, 5) is 20.9. The zero-order chi connectivity index (χ0) is 22.2. The van der Waals surface area contributed by atoms with Gasteiger partial charge in [0.25, 0.3) is 5.91 Å². The molecule has 0 saturated heterocycles. The molecule has 10 heteroatoms. The Bertz CT molecular complexity index is 1280. The number of halogens is 3. The number of amides is 1. The van der Waals surface area contributed by atoms with Crippen molar-refractivity contribution in [2.24, 2.45) is 7.05 Å². The van der Waals surface area contributed by atoms with E-state index in [-0.39, 0.29) is 5.56 Å². The number of anilines is 3. The first kappa shape index (κ1) is 20.3. The number of aryl methyl sites for hydroxylation is 2. The van der Waals surface area contributed by atoms with Gasteiger partial charge in [0.1, 0.15) is 12.1 Å². The summed E-state index contributed by atoms with van der Waals surface area (Å²) in [5, 5.41) is 10.7. The first-order valence-electron chi connectivity index (χ1n) is 9.21. The highest BCUT2D eigenvalue weighted by atomic mass is 19.4. The maximum absolute atomic E-state index is 12.9. The number of carbonyl (C=O) groups is 1. The monoisotopic (exact) mass is 426 g/mol. The van der Waals surface area contributed by atoms with Crippen molar-refractivity contribution in [1.29, 1.82) is 0 Å². The fourth-order valence-electron chi connectivity index (χ4n) is 3.06. The fraction of sp³-hybridized carbons (Fsp3) is 0.143. The maximum atomic E-state index is 12.9. The Balaban J connectivity index is 1.59. The van der Waals surface area contributed by atoms with Crippen molar-refractivity contribution in [3.8, 4) is 0 Å². The Morgan fingerprint density at radius 1 is 1.10 bits per heavy atom. The Hall–Kier alpha value is -3.95. The normalized spacial score (nSPS) is 11.5. The van der Waals surface area contributed by atoms with Crippen molar-refractivity contribution < 1.29 is 18.0 Å². The average Bonchev–Trinajstić information content (AvgIpc) is 3.12. The lowest BCUT2D eigenvalue weighted by Crippen LogP contribution is -2.14. The van der Waals surface area contributed by atoms with Gasteiger partial charge in [-0.3, -0.25) is 9.48 Å². The number of rotatable bonds is 4. The van der Waals surface area contributed by atoms with Crippen LogP contribution >= 0.6 is 0 Å². The highest BCUT2D eigenvalue weighted by Crippen LogP contribution is 2.30. The molecule has 0 saturated carbocycles. The zero-order valence-corrected chi connectivity index (χ0v) is 16.5. The van der Waals surface area contributed by atoms with Gasteiger partial charge in [-0.05, 0) is 42.8 Å². The number of hydrogen-bond donors (Lipinski definition) is 2. The Labute approximate surface area is 174 Å². The number of benzene rings is 2. The number of carbonyl (C=O) groups excluding carboxylic acids is 1. The molecule has 2 aromatic heterocycles. The molecular weight excluding hydrogens is 409 g/mol. The number of hydrogen-bond acceptors (Lipinski definition) is 5. The molecule has 158 valence electrons. The van der Waals surface area contributed by atoms with Gasteiger partial charge < -0.3 is 10.6 Å². The van der Waals surface area contributed by atoms with Crippen LogP contribution < -0.4 is 10.6 Å². The molecule has 0 aliphatic rings. The quantitative estimate of drug-likeness (QED) is 0.495. The molecule has 31 heavy (non-hydrogen) atoms. The highest BCUT2D eigenvalue weighted by molar-refractivity contribution is 6.04. The summed E-state index contributed by atoms with van der Waals surface area (Å²) < 4.78 is 40.4. The molecule has 1 amide bonds. The number of fused-ring (bicyclic) bond motifs is 1. The van der Waals surface area contributed by atoms with Gasteiger partial charge in [-0.2, -0.15) is 18.3 Å². The summed E-state index contributed by atoms with van der Waals surface area (Å²) in [6.45, 7) is 1.88. The van der Waals surface area contributed by atoms with Crippen LogP contribution in [-0.4, -0.2) is 25.7 Å². The van der Waals surface area contributed by atoms with Gasteiger partial charge in [0.15, 0.2) is 5.65 Å². The van der Waals surface area contributed by atoms with Gasteiger partial charge >= 0.3 is 6.18 Å². The molecule has 0 unspecified atom stereocenters. The molecule has 4 rings (SSSR count). The largest absolute Gasteiger partial charge is 0.416 e. The summed E-state index contributed by atoms with van der Waals surface area (Å²) in [6.07, 6.45) is -1.46. The van der Waals surface area contributed by atoms with Crippen LogP contribution in [0.15, 0.2) is 55.0 Å². The predicted molar refractivity (Wildman–Crippen MR) is 110 cm³/mol. The van der Waals surface area contributed by atoms with E-state index in [0.29, 0.717) is 22.8 Å². The predicted octanol–water partition coefficient (Wildman–Crippen LogP) is 4.69. The minimum Gasteiger partial charge on any atom is -0.339 e. The molecule has 2 N–H and O–H groups in total. The third-order valence-electron chi connectivity index (χ3n) is 4.73. The van der Waals surface area contributed by atoms with E-state index in [2.05, 4.69) is 25.7 Å². The Morgan fingerprint density at radius 2 is 1.90 bits per heavy atom. The van der Waals surface area contributed by atoms with Crippen molar-refractivity contribution in [2.45, 2.75) is 13.1 Å². The standard InChI is InChI=1S/C21H17F3N6O/c1-12-6-7-15(28-20(31)13-4-3-5-14(8-13)21(22,23)24)9-17(12)29-18-16-10-27-30(2)19(16)26-11-25-18/h3-11H,1-2H3,(H,28,31)(H,25,26,29). The van der Waals surface area contributed by atoms with Gasteiger partial charge in [0, 0.05) is 24.0 Å². The summed E-state index contributed by atoms with van der Waals surface area (Å²) in [7, 11) is 1.77. The van der Waals surface area contributed by atoms with Crippen molar-refractivity contribution in [3.63, 3.8) is 0 Å². The van der Waals surface area contributed by atoms with E-state index in [4.69, 9.17) is 0 Å². The third kappa shape index (κ3) is 4.18. The first-order valence-corrected chi connectivity index (χ1v) is 9.21. The molecule has 0 radical (unpaired) electrons. The molecule has 7 nitrogen and oxygen atoms in total. The lowest BCUT2D eigenvalue weighted by Gasteiger charge is -2.13. The molecule has 2 aromatic carbocycles. The fourth-order valence-corrected chi connectivity index (χ4v) is 3.06. The molecule has 0 fully saturated rings. The first-order chi connectivity index (χ1) is 14.7. The summed E-state index contributed by atoms with van der Waals surface area (Å²) in [5.41, 5.74) is 1.67. The van der Waals surface area contributed by atoms with Gasteiger partial charge in [0.2, 0.25) is 0 Å². The van der Waals surface area contributed by atoms with E-state index in [0.717, 1.165) is 23.1 Å². The number of nitrogens with one attached hydrogen (secondary N) is 2. The van der Waals surface area contributed by atoms with Crippen LogP contribution in [0.4, 0.5) is 30.4 Å². The van der Waals surface area contributed by atoms with E-state index in [1.165, 1.54) is 18.5 Å². The van der Waals surface area contributed by atoms with Crippen LogP contribution in [0.25, 0.3) is 11.0 Å². The summed E-state index contributed by atoms with van der Waals surface area (Å²) >= 11 is 0. The second-order valence-electron chi connectivity index (χ2n) is 6.92. The summed E-state index contributed by atoms with van der Waals surface area (Å²) in [5.74, 6) is -0.0971. The number of nitrogens with zero attached hydrogens (tertiary/aromatic N) is 4. The summed E-state index contributed by atoms with van der Waals surface area (Å²) in [6, 6.07) is 9.42. The van der Waals surface area contributed by atoms with Gasteiger partial charge in [0.05, 0.1) is 17.1 Å². The third-order valence-corrected chi connectivity index (χ3v) is 4.73. The molecule has 0 aliphatic carbocycles. The van der Waals surface area contributed by atoms with Crippen molar-refractivity contribution >= 4 is 34.1 Å². The van der Waals surface area contributed by atoms with E-state index in [9.17, 15) is 18.0 Å². The molecule has 0 bridgehead atoms. The van der Waals surface area contributed by atoms with Crippen LogP contribution in [0.3, 0.4) is 0 Å². The van der Waals surface area contributed by atoms with E-state index in [1.807, 2.05) is 6.92 Å². The number of aromatic nitrogens is 4. The average molecular weight is 426 g/mol. The highest BCUT2D eigenvalue weighted by Gasteiger charge is 2.30. The molecule has 0 spiro atoms. The molecule has 2 heterocycles. The molecule has 0 aliphatic heterocycles. The number of alkyl halides is 3. The minimum absolute atomic E-state index is 0.0854. The van der Waals surface area contributed by atoms with Crippen LogP contribution in [0.5, 0.6) is 0 Å². The van der Waals surface area contributed by atoms with Crippen LogP contribution in [0.2, 0.25) is 0 Å². The molecular formula is C21H17F3N6O. The molecule has 4 aromatic rings. The SMILES string of the molecule is Cc1ccc(NC(=O)c2cccc(C(F)(F)F)c2)cc1Nc1ncnc2c1cnn2C. The van der Waals surface area contributed by atoms with Crippen LogP contribution in [0, 0.1) is 6.92 Å². The van der Waals surface area contributed by atoms with Crippen LogP contribution in [0.1, 0.15) is 21.5 Å². The van der Waals surface area contributed by atoms with Crippen molar-refractivity contribution in [1.82, 2.24) is 19.7 Å². The van der Waals surface area contributed by atoms with E-state index in [1.54, 1.807) is 36.1 Å². The van der Waals surface area contributed by atoms with Gasteiger partial charge in [-0.15, -0.1) is 0 Å².